The molecule has 2 nitrogen and oxygen atoms in total. The minimum absolute atomic E-state index is 0.128. The molecule has 2 aromatic rings. The van der Waals surface area contributed by atoms with Gasteiger partial charge >= 0.3 is 0 Å². The standard InChI is InChI=1S/C16H19FN2/c1-3-19-16(10-13-6-8-18-9-7-13)15-11-14(17)5-4-12(15)2/h4-9,11,16,19H,3,10H2,1-2H3. The number of benzene rings is 1. The average Bonchev–Trinajstić information content (AvgIpc) is 2.42. The summed E-state index contributed by atoms with van der Waals surface area (Å²) in [5, 5.41) is 3.43. The molecule has 0 radical (unpaired) electrons. The van der Waals surface area contributed by atoms with Gasteiger partial charge in [-0.05, 0) is 60.8 Å². The molecule has 2 rings (SSSR count). The summed E-state index contributed by atoms with van der Waals surface area (Å²) in [4.78, 5) is 4.02. The minimum Gasteiger partial charge on any atom is -0.310 e. The Morgan fingerprint density at radius 2 is 1.95 bits per heavy atom. The summed E-state index contributed by atoms with van der Waals surface area (Å²) >= 11 is 0. The highest BCUT2D eigenvalue weighted by atomic mass is 19.1. The third kappa shape index (κ3) is 3.61. The van der Waals surface area contributed by atoms with Gasteiger partial charge in [-0.2, -0.15) is 0 Å². The van der Waals surface area contributed by atoms with Crippen molar-refractivity contribution in [3.8, 4) is 0 Å². The van der Waals surface area contributed by atoms with Gasteiger partial charge in [-0.1, -0.05) is 13.0 Å². The fraction of sp³-hybridized carbons (Fsp3) is 0.312. The lowest BCUT2D eigenvalue weighted by atomic mass is 9.95. The molecule has 1 N–H and O–H groups in total. The Balaban J connectivity index is 2.27. The zero-order chi connectivity index (χ0) is 13.7. The average molecular weight is 258 g/mol. The number of nitrogens with zero attached hydrogens (tertiary/aromatic N) is 1. The molecule has 19 heavy (non-hydrogen) atoms. The number of halogens is 1. The number of hydrogen-bond acceptors (Lipinski definition) is 2. The van der Waals surface area contributed by atoms with Crippen molar-refractivity contribution in [1.29, 1.82) is 0 Å². The van der Waals surface area contributed by atoms with Gasteiger partial charge in [0, 0.05) is 18.4 Å². The second kappa shape index (κ2) is 6.43. The number of hydrogen-bond donors (Lipinski definition) is 1. The van der Waals surface area contributed by atoms with Crippen LogP contribution in [0.15, 0.2) is 42.7 Å². The zero-order valence-electron chi connectivity index (χ0n) is 11.4. The Kier molecular flexibility index (Phi) is 4.63. The van der Waals surface area contributed by atoms with E-state index in [-0.39, 0.29) is 11.9 Å². The van der Waals surface area contributed by atoms with Crippen LogP contribution in [0.3, 0.4) is 0 Å². The maximum atomic E-state index is 13.4. The molecule has 1 heterocycles. The number of aryl methyl sites for hydroxylation is 1. The quantitative estimate of drug-likeness (QED) is 0.888. The second-order valence-electron chi connectivity index (χ2n) is 4.67. The maximum Gasteiger partial charge on any atom is 0.123 e. The summed E-state index contributed by atoms with van der Waals surface area (Å²) in [6.07, 6.45) is 4.41. The number of aromatic nitrogens is 1. The van der Waals surface area contributed by atoms with Gasteiger partial charge in [0.25, 0.3) is 0 Å². The monoisotopic (exact) mass is 258 g/mol. The van der Waals surface area contributed by atoms with Gasteiger partial charge in [0.15, 0.2) is 0 Å². The first-order chi connectivity index (χ1) is 9.20. The number of rotatable bonds is 5. The van der Waals surface area contributed by atoms with Crippen LogP contribution in [0.1, 0.15) is 29.7 Å². The van der Waals surface area contributed by atoms with Crippen LogP contribution in [0.2, 0.25) is 0 Å². The van der Waals surface area contributed by atoms with Gasteiger partial charge in [-0.25, -0.2) is 4.39 Å². The molecule has 0 spiro atoms. The van der Waals surface area contributed by atoms with Crippen LogP contribution in [0.25, 0.3) is 0 Å². The SMILES string of the molecule is CCNC(Cc1ccncc1)c1cc(F)ccc1C. The van der Waals surface area contributed by atoms with Crippen molar-refractivity contribution in [2.45, 2.75) is 26.3 Å². The lowest BCUT2D eigenvalue weighted by Gasteiger charge is -2.20. The first-order valence-corrected chi connectivity index (χ1v) is 6.59. The van der Waals surface area contributed by atoms with Gasteiger partial charge in [0.2, 0.25) is 0 Å². The van der Waals surface area contributed by atoms with E-state index >= 15 is 0 Å². The highest BCUT2D eigenvalue weighted by Gasteiger charge is 2.14. The smallest absolute Gasteiger partial charge is 0.123 e. The third-order valence-electron chi connectivity index (χ3n) is 3.26. The van der Waals surface area contributed by atoms with E-state index in [4.69, 9.17) is 0 Å². The molecule has 0 aliphatic rings. The zero-order valence-corrected chi connectivity index (χ0v) is 11.4. The summed E-state index contributed by atoms with van der Waals surface area (Å²) in [7, 11) is 0. The molecule has 1 unspecified atom stereocenters. The van der Waals surface area contributed by atoms with Crippen LogP contribution in [-0.2, 0) is 6.42 Å². The van der Waals surface area contributed by atoms with Gasteiger partial charge < -0.3 is 5.32 Å². The predicted octanol–water partition coefficient (Wildman–Crippen LogP) is 3.42. The Morgan fingerprint density at radius 1 is 1.21 bits per heavy atom. The van der Waals surface area contributed by atoms with Crippen molar-refractivity contribution in [3.63, 3.8) is 0 Å². The Morgan fingerprint density at radius 3 is 2.63 bits per heavy atom. The Labute approximate surface area is 113 Å². The van der Waals surface area contributed by atoms with Crippen molar-refractivity contribution < 1.29 is 4.39 Å². The highest BCUT2D eigenvalue weighted by molar-refractivity contribution is 5.31. The van der Waals surface area contributed by atoms with Crippen LogP contribution >= 0.6 is 0 Å². The molecule has 3 heteroatoms. The Hall–Kier alpha value is -1.74. The van der Waals surface area contributed by atoms with Crippen molar-refractivity contribution in [2.75, 3.05) is 6.54 Å². The molecule has 1 aromatic heterocycles. The van der Waals surface area contributed by atoms with E-state index < -0.39 is 0 Å². The van der Waals surface area contributed by atoms with E-state index in [1.165, 1.54) is 11.6 Å². The normalized spacial score (nSPS) is 12.4. The molecule has 0 saturated carbocycles. The Bertz CT molecular complexity index is 526. The van der Waals surface area contributed by atoms with Gasteiger partial charge in [-0.15, -0.1) is 0 Å². The third-order valence-corrected chi connectivity index (χ3v) is 3.26. The van der Waals surface area contributed by atoms with Crippen LogP contribution in [0, 0.1) is 12.7 Å². The van der Waals surface area contributed by atoms with Crippen molar-refractivity contribution >= 4 is 0 Å². The second-order valence-corrected chi connectivity index (χ2v) is 4.67. The summed E-state index contributed by atoms with van der Waals surface area (Å²) in [6.45, 7) is 4.94. The molecule has 0 aliphatic heterocycles. The first kappa shape index (κ1) is 13.7. The van der Waals surface area contributed by atoms with Gasteiger partial charge in [-0.3, -0.25) is 4.98 Å². The topological polar surface area (TPSA) is 24.9 Å². The number of nitrogens with one attached hydrogen (secondary N) is 1. The van der Waals surface area contributed by atoms with Crippen LogP contribution in [-0.4, -0.2) is 11.5 Å². The van der Waals surface area contributed by atoms with Crippen molar-refractivity contribution in [1.82, 2.24) is 10.3 Å². The minimum atomic E-state index is -0.182. The molecular weight excluding hydrogens is 239 g/mol. The highest BCUT2D eigenvalue weighted by Crippen LogP contribution is 2.22. The molecule has 0 bridgehead atoms. The summed E-state index contributed by atoms with van der Waals surface area (Å²) in [6, 6.07) is 9.10. The summed E-state index contributed by atoms with van der Waals surface area (Å²) in [5.41, 5.74) is 3.34. The first-order valence-electron chi connectivity index (χ1n) is 6.59. The van der Waals surface area contributed by atoms with Gasteiger partial charge in [0.1, 0.15) is 5.82 Å². The largest absolute Gasteiger partial charge is 0.310 e. The summed E-state index contributed by atoms with van der Waals surface area (Å²) < 4.78 is 13.4. The van der Waals surface area contributed by atoms with Crippen LogP contribution < -0.4 is 5.32 Å². The molecule has 0 fully saturated rings. The predicted molar refractivity (Wildman–Crippen MR) is 75.5 cm³/mol. The van der Waals surface area contributed by atoms with E-state index in [0.29, 0.717) is 0 Å². The van der Waals surface area contributed by atoms with Crippen LogP contribution in [0.5, 0.6) is 0 Å². The molecule has 1 atom stereocenters. The van der Waals surface area contributed by atoms with Crippen LogP contribution in [0.4, 0.5) is 4.39 Å². The molecule has 0 amide bonds. The lowest BCUT2D eigenvalue weighted by molar-refractivity contribution is 0.540. The van der Waals surface area contributed by atoms with E-state index in [1.54, 1.807) is 18.5 Å². The maximum absolute atomic E-state index is 13.4. The van der Waals surface area contributed by atoms with E-state index in [2.05, 4.69) is 17.2 Å². The molecular formula is C16H19FN2. The van der Waals surface area contributed by atoms with Gasteiger partial charge in [0.05, 0.1) is 0 Å². The fourth-order valence-electron chi connectivity index (χ4n) is 2.28. The number of pyridine rings is 1. The summed E-state index contributed by atoms with van der Waals surface area (Å²) in [5.74, 6) is -0.182. The molecule has 0 saturated heterocycles. The van der Waals surface area contributed by atoms with Crippen molar-refractivity contribution in [2.24, 2.45) is 0 Å². The van der Waals surface area contributed by atoms with Crippen molar-refractivity contribution in [3.05, 3.63) is 65.2 Å². The molecule has 0 aliphatic carbocycles. The van der Waals surface area contributed by atoms with E-state index in [0.717, 1.165) is 24.1 Å². The fourth-order valence-corrected chi connectivity index (χ4v) is 2.28. The molecule has 100 valence electrons. The van der Waals surface area contributed by atoms with E-state index in [9.17, 15) is 4.39 Å². The number of likely N-dealkylation sites (N-methyl/N-ethyl adjacent to an activating group) is 1. The van der Waals surface area contributed by atoms with E-state index in [1.807, 2.05) is 25.1 Å². The molecule has 1 aromatic carbocycles. The lowest BCUT2D eigenvalue weighted by Crippen LogP contribution is -2.23.